The van der Waals surface area contributed by atoms with Gasteiger partial charge in [0.1, 0.15) is 34.7 Å². The second-order valence-electron chi connectivity index (χ2n) is 22.3. The molecular weight excluding hydrogens is 813 g/mol. The highest BCUT2D eigenvalue weighted by molar-refractivity contribution is 5.98. The van der Waals surface area contributed by atoms with Crippen LogP contribution in [-0.2, 0) is 9.53 Å². The monoisotopic (exact) mass is 881 g/mol. The Balaban J connectivity index is 0.793. The van der Waals surface area contributed by atoms with E-state index < -0.39 is 0 Å². The third kappa shape index (κ3) is 8.96. The zero-order chi connectivity index (χ0) is 45.0. The lowest BCUT2D eigenvalue weighted by molar-refractivity contribution is -0.196. The van der Waals surface area contributed by atoms with Crippen molar-refractivity contribution in [3.63, 3.8) is 0 Å². The highest BCUT2D eigenvalue weighted by Gasteiger charge is 2.63. The lowest BCUT2D eigenvalue weighted by atomic mass is 9.48. The maximum absolute atomic E-state index is 14.2. The highest BCUT2D eigenvalue weighted by atomic mass is 16.5. The largest absolute Gasteiger partial charge is 0.493 e. The Morgan fingerprint density at radius 1 is 0.576 bits per heavy atom. The molecule has 5 nitrogen and oxygen atoms in total. The lowest BCUT2D eigenvalue weighted by Gasteiger charge is -2.60. The summed E-state index contributed by atoms with van der Waals surface area (Å²) in [5.41, 5.74) is 3.33. The van der Waals surface area contributed by atoms with Crippen LogP contribution in [0.3, 0.4) is 0 Å². The predicted molar refractivity (Wildman–Crippen MR) is 266 cm³/mol. The van der Waals surface area contributed by atoms with Crippen LogP contribution in [0.4, 0.5) is 0 Å². The van der Waals surface area contributed by atoms with Gasteiger partial charge < -0.3 is 18.9 Å². The first-order valence-corrected chi connectivity index (χ1v) is 25.5. The van der Waals surface area contributed by atoms with E-state index in [1.54, 1.807) is 0 Å². The number of carbonyl (C=O) groups excluding carboxylic acids is 1. The maximum Gasteiger partial charge on any atom is 0.312 e. The molecule has 12 rings (SSSR count). The van der Waals surface area contributed by atoms with E-state index in [1.165, 1.54) is 63.9 Å². The molecular formula is C61H68O5. The summed E-state index contributed by atoms with van der Waals surface area (Å²) < 4.78 is 26.1. The Labute approximate surface area is 392 Å². The van der Waals surface area contributed by atoms with E-state index >= 15 is 0 Å². The number of hydrogen-bond acceptors (Lipinski definition) is 5. The van der Waals surface area contributed by atoms with Crippen LogP contribution in [0, 0.1) is 35.0 Å². The van der Waals surface area contributed by atoms with Crippen LogP contribution in [0.15, 0.2) is 127 Å². The van der Waals surface area contributed by atoms with Crippen molar-refractivity contribution in [3.8, 4) is 23.0 Å². The molecule has 6 aliphatic rings. The second kappa shape index (κ2) is 17.7. The molecule has 0 saturated heterocycles. The number of ether oxygens (including phenoxy) is 4. The van der Waals surface area contributed by atoms with Crippen LogP contribution in [0.1, 0.15) is 139 Å². The van der Waals surface area contributed by atoms with Crippen molar-refractivity contribution >= 4 is 27.5 Å². The highest BCUT2D eigenvalue weighted by Crippen LogP contribution is 2.63. The van der Waals surface area contributed by atoms with Crippen molar-refractivity contribution in [2.75, 3.05) is 6.61 Å². The van der Waals surface area contributed by atoms with E-state index in [9.17, 15) is 4.79 Å². The Hall–Kier alpha value is -5.29. The van der Waals surface area contributed by atoms with Gasteiger partial charge in [-0.05, 0) is 217 Å². The topological polar surface area (TPSA) is 54.0 Å². The number of hydrogen-bond donors (Lipinski definition) is 0. The molecule has 0 amide bonds. The summed E-state index contributed by atoms with van der Waals surface area (Å²) in [6, 6.07) is 45.9. The van der Waals surface area contributed by atoms with Gasteiger partial charge in [0.05, 0.1) is 12.0 Å². The predicted octanol–water partition coefficient (Wildman–Crippen LogP) is 15.7. The van der Waals surface area contributed by atoms with Gasteiger partial charge in [-0.3, -0.25) is 4.79 Å². The minimum Gasteiger partial charge on any atom is -0.493 e. The molecule has 8 unspecified atom stereocenters. The molecule has 0 spiro atoms. The normalized spacial score (nSPS) is 27.6. The second-order valence-corrected chi connectivity index (χ2v) is 22.3. The van der Waals surface area contributed by atoms with E-state index in [2.05, 4.69) is 155 Å². The van der Waals surface area contributed by atoms with Gasteiger partial charge in [0.25, 0.3) is 0 Å². The van der Waals surface area contributed by atoms with E-state index in [-0.39, 0.29) is 23.1 Å². The molecule has 342 valence electrons. The van der Waals surface area contributed by atoms with Crippen molar-refractivity contribution in [2.45, 2.75) is 134 Å². The van der Waals surface area contributed by atoms with Crippen molar-refractivity contribution in [3.05, 3.63) is 144 Å². The lowest BCUT2D eigenvalue weighted by Crippen LogP contribution is -2.61. The number of rotatable bonds is 16. The van der Waals surface area contributed by atoms with Crippen LogP contribution in [0.5, 0.6) is 23.0 Å². The van der Waals surface area contributed by atoms with E-state index in [4.69, 9.17) is 18.9 Å². The number of fused-ring (bicyclic) bond motifs is 4. The van der Waals surface area contributed by atoms with Crippen LogP contribution in [0.2, 0.25) is 0 Å². The molecule has 6 fully saturated rings. The summed E-state index contributed by atoms with van der Waals surface area (Å²) in [7, 11) is 0. The van der Waals surface area contributed by atoms with Gasteiger partial charge in [0, 0.05) is 6.42 Å². The first kappa shape index (κ1) is 43.3. The van der Waals surface area contributed by atoms with E-state index in [1.807, 2.05) is 0 Å². The quantitative estimate of drug-likeness (QED) is 0.0716. The van der Waals surface area contributed by atoms with Gasteiger partial charge in [-0.1, -0.05) is 94.4 Å². The minimum atomic E-state index is -0.377. The maximum atomic E-state index is 14.2. The fraction of sp³-hybridized carbons (Fsp3) is 0.459. The van der Waals surface area contributed by atoms with Gasteiger partial charge in [-0.2, -0.15) is 0 Å². The SMILES string of the molecule is CC(C)COc1ccc(C(C)CC(CC(C)c2ccc(Oc3ccc4cc5ccccc5cc4c3)cc2)c2ccc(OC34CC5CC(C3)CC(C(=O)OC3CC6CCC3C6)(C5)C4)cc2)cc1. The fourth-order valence-electron chi connectivity index (χ4n) is 13.8. The van der Waals surface area contributed by atoms with Crippen molar-refractivity contribution in [1.82, 2.24) is 0 Å². The number of esters is 1. The van der Waals surface area contributed by atoms with Crippen LogP contribution in [-0.4, -0.2) is 24.3 Å². The minimum absolute atomic E-state index is 0.0993. The smallest absolute Gasteiger partial charge is 0.312 e. The van der Waals surface area contributed by atoms with E-state index in [0.717, 1.165) is 86.9 Å². The molecule has 0 radical (unpaired) electrons. The van der Waals surface area contributed by atoms with E-state index in [0.29, 0.717) is 41.4 Å². The van der Waals surface area contributed by atoms with Gasteiger partial charge in [0.2, 0.25) is 0 Å². The van der Waals surface area contributed by atoms with Gasteiger partial charge >= 0.3 is 5.97 Å². The third-order valence-electron chi connectivity index (χ3n) is 16.7. The summed E-state index contributed by atoms with van der Waals surface area (Å²) in [5.74, 6) is 7.60. The molecule has 8 atom stereocenters. The Kier molecular flexibility index (Phi) is 11.6. The van der Waals surface area contributed by atoms with Gasteiger partial charge in [0.15, 0.2) is 0 Å². The summed E-state index contributed by atoms with van der Waals surface area (Å²) in [4.78, 5) is 14.2. The van der Waals surface area contributed by atoms with Gasteiger partial charge in [-0.15, -0.1) is 0 Å². The van der Waals surface area contributed by atoms with Crippen LogP contribution in [0.25, 0.3) is 21.5 Å². The first-order chi connectivity index (χ1) is 32.0. The Bertz CT molecular complexity index is 2650. The molecule has 5 heteroatoms. The van der Waals surface area contributed by atoms with Crippen molar-refractivity contribution in [1.29, 1.82) is 0 Å². The van der Waals surface area contributed by atoms with Crippen LogP contribution < -0.4 is 14.2 Å². The molecule has 6 aromatic rings. The molecule has 6 saturated carbocycles. The number of benzene rings is 6. The molecule has 0 aromatic heterocycles. The molecule has 66 heavy (non-hydrogen) atoms. The zero-order valence-electron chi connectivity index (χ0n) is 39.6. The summed E-state index contributed by atoms with van der Waals surface area (Å²) in [6.45, 7) is 9.82. The summed E-state index contributed by atoms with van der Waals surface area (Å²) in [5, 5.41) is 4.87. The first-order valence-electron chi connectivity index (χ1n) is 25.5. The summed E-state index contributed by atoms with van der Waals surface area (Å²) in [6.07, 6.45) is 13.2. The Morgan fingerprint density at radius 2 is 1.17 bits per heavy atom. The standard InChI is InChI=1S/C61H68O5/c1-39(2)37-63-54-18-11-45(12-19-54)40(3)25-52(26-41(4)46-13-20-55(21-14-46)64-57-24-17-50-30-48-7-5-6-8-49(48)31-53(50)32-57)47-15-22-56(23-16-47)66-61-35-43-27-44(36-61)34-60(33-43,38-61)59(62)65-58-29-42-9-10-51(58)28-42/h5-8,11-24,30-32,39-44,51-52,58H,9-10,25-29,33-38H2,1-4H3. The van der Waals surface area contributed by atoms with Crippen LogP contribution >= 0.6 is 0 Å². The molecule has 0 N–H and O–H groups in total. The number of carbonyl (C=O) groups is 1. The zero-order valence-corrected chi connectivity index (χ0v) is 39.6. The molecule has 6 aliphatic carbocycles. The van der Waals surface area contributed by atoms with Crippen molar-refractivity contribution < 1.29 is 23.7 Å². The molecule has 6 aromatic carbocycles. The Morgan fingerprint density at radius 3 is 1.79 bits per heavy atom. The third-order valence-corrected chi connectivity index (χ3v) is 16.7. The molecule has 0 heterocycles. The molecule has 0 aliphatic heterocycles. The summed E-state index contributed by atoms with van der Waals surface area (Å²) >= 11 is 0. The average molecular weight is 881 g/mol. The fourth-order valence-corrected chi connectivity index (χ4v) is 13.8. The molecule has 6 bridgehead atoms. The average Bonchev–Trinajstić information content (AvgIpc) is 3.94. The van der Waals surface area contributed by atoms with Gasteiger partial charge in [-0.25, -0.2) is 0 Å². The van der Waals surface area contributed by atoms with Crippen molar-refractivity contribution in [2.24, 2.45) is 35.0 Å².